The largest absolute Gasteiger partial charge is 0.481 e. The summed E-state index contributed by atoms with van der Waals surface area (Å²) in [5, 5.41) is 8.88. The third kappa shape index (κ3) is 1.34. The monoisotopic (exact) mass is 197 g/mol. The molecular formula is C11H19NO2. The molecule has 0 amide bonds. The third-order valence-corrected chi connectivity index (χ3v) is 4.30. The van der Waals surface area contributed by atoms with Gasteiger partial charge >= 0.3 is 5.97 Å². The SMILES string of the molecule is C[C@@H]1C[C@@H]2C[C@](CN)(CC(=O)O)[C@@H]2C1. The van der Waals surface area contributed by atoms with Crippen molar-refractivity contribution in [1.82, 2.24) is 0 Å². The number of rotatable bonds is 3. The summed E-state index contributed by atoms with van der Waals surface area (Å²) in [7, 11) is 0. The molecule has 0 aromatic carbocycles. The van der Waals surface area contributed by atoms with Gasteiger partial charge in [-0.15, -0.1) is 0 Å². The lowest BCUT2D eigenvalue weighted by molar-refractivity contribution is -0.145. The number of carboxylic acids is 1. The first-order chi connectivity index (χ1) is 6.57. The van der Waals surface area contributed by atoms with Crippen LogP contribution in [0.25, 0.3) is 0 Å². The molecule has 3 N–H and O–H groups in total. The Balaban J connectivity index is 2.06. The highest BCUT2D eigenvalue weighted by molar-refractivity contribution is 5.68. The number of hydrogen-bond donors (Lipinski definition) is 2. The second kappa shape index (κ2) is 3.23. The lowest BCUT2D eigenvalue weighted by Gasteiger charge is -2.51. The fourth-order valence-corrected chi connectivity index (χ4v) is 3.70. The normalized spacial score (nSPS) is 45.7. The van der Waals surface area contributed by atoms with Crippen molar-refractivity contribution < 1.29 is 9.90 Å². The number of carbonyl (C=O) groups is 1. The van der Waals surface area contributed by atoms with Crippen molar-refractivity contribution in [1.29, 1.82) is 0 Å². The molecule has 0 radical (unpaired) electrons. The van der Waals surface area contributed by atoms with E-state index >= 15 is 0 Å². The molecule has 0 aromatic rings. The van der Waals surface area contributed by atoms with Crippen molar-refractivity contribution in [3.63, 3.8) is 0 Å². The van der Waals surface area contributed by atoms with E-state index < -0.39 is 5.97 Å². The Morgan fingerprint density at radius 2 is 2.29 bits per heavy atom. The molecule has 0 aromatic heterocycles. The fraction of sp³-hybridized carbons (Fsp3) is 0.909. The van der Waals surface area contributed by atoms with Crippen LogP contribution < -0.4 is 5.73 Å². The summed E-state index contributed by atoms with van der Waals surface area (Å²) < 4.78 is 0. The molecule has 0 unspecified atom stereocenters. The maximum atomic E-state index is 10.8. The Labute approximate surface area is 84.7 Å². The molecule has 14 heavy (non-hydrogen) atoms. The molecule has 80 valence electrons. The van der Waals surface area contributed by atoms with E-state index in [1.807, 2.05) is 0 Å². The van der Waals surface area contributed by atoms with E-state index in [4.69, 9.17) is 10.8 Å². The zero-order valence-electron chi connectivity index (χ0n) is 8.70. The van der Waals surface area contributed by atoms with Gasteiger partial charge in [0, 0.05) is 0 Å². The standard InChI is InChI=1S/C11H19NO2/c1-7-2-8-4-11(6-12,5-10(13)14)9(8)3-7/h7-9H,2-6,12H2,1H3,(H,13,14)/t7-,8-,9-,11-/m1/s1. The van der Waals surface area contributed by atoms with E-state index in [0.717, 1.165) is 18.3 Å². The van der Waals surface area contributed by atoms with Gasteiger partial charge in [-0.3, -0.25) is 4.79 Å². The van der Waals surface area contributed by atoms with E-state index in [0.29, 0.717) is 12.5 Å². The maximum absolute atomic E-state index is 10.8. The first-order valence-electron chi connectivity index (χ1n) is 5.49. The van der Waals surface area contributed by atoms with Crippen LogP contribution in [0.15, 0.2) is 0 Å². The van der Waals surface area contributed by atoms with E-state index in [2.05, 4.69) is 6.92 Å². The lowest BCUT2D eigenvalue weighted by Crippen LogP contribution is -2.51. The first kappa shape index (κ1) is 9.97. The Morgan fingerprint density at radius 3 is 2.79 bits per heavy atom. The average molecular weight is 197 g/mol. The van der Waals surface area contributed by atoms with Crippen LogP contribution in [0.5, 0.6) is 0 Å². The van der Waals surface area contributed by atoms with E-state index in [9.17, 15) is 4.79 Å². The molecule has 2 aliphatic carbocycles. The third-order valence-electron chi connectivity index (χ3n) is 4.30. The molecule has 2 aliphatic rings. The summed E-state index contributed by atoms with van der Waals surface area (Å²) in [4.78, 5) is 10.8. The minimum Gasteiger partial charge on any atom is -0.481 e. The molecule has 2 saturated carbocycles. The van der Waals surface area contributed by atoms with Gasteiger partial charge in [-0.05, 0) is 49.0 Å². The van der Waals surface area contributed by atoms with Crippen molar-refractivity contribution in [2.45, 2.75) is 32.6 Å². The maximum Gasteiger partial charge on any atom is 0.303 e. The number of fused-ring (bicyclic) bond motifs is 1. The Bertz CT molecular complexity index is 254. The molecule has 4 atom stereocenters. The van der Waals surface area contributed by atoms with Crippen LogP contribution in [0.2, 0.25) is 0 Å². The molecule has 3 heteroatoms. The van der Waals surface area contributed by atoms with Gasteiger partial charge in [-0.2, -0.15) is 0 Å². The Morgan fingerprint density at radius 1 is 1.57 bits per heavy atom. The summed E-state index contributed by atoms with van der Waals surface area (Å²) in [5.74, 6) is 1.45. The van der Waals surface area contributed by atoms with Gasteiger partial charge in [0.05, 0.1) is 6.42 Å². The first-order valence-corrected chi connectivity index (χ1v) is 5.49. The molecule has 0 spiro atoms. The molecule has 2 fully saturated rings. The molecular weight excluding hydrogens is 178 g/mol. The zero-order chi connectivity index (χ0) is 10.3. The van der Waals surface area contributed by atoms with Crippen LogP contribution in [0.3, 0.4) is 0 Å². The molecule has 0 bridgehead atoms. The second-order valence-corrected chi connectivity index (χ2v) is 5.28. The summed E-state index contributed by atoms with van der Waals surface area (Å²) in [6.07, 6.45) is 3.80. The Hall–Kier alpha value is -0.570. The number of aliphatic carboxylic acids is 1. The zero-order valence-corrected chi connectivity index (χ0v) is 8.70. The van der Waals surface area contributed by atoms with Gasteiger partial charge in [0.25, 0.3) is 0 Å². The number of hydrogen-bond acceptors (Lipinski definition) is 2. The summed E-state index contributed by atoms with van der Waals surface area (Å²) in [5.41, 5.74) is 5.70. The predicted molar refractivity (Wildman–Crippen MR) is 53.7 cm³/mol. The van der Waals surface area contributed by atoms with Gasteiger partial charge < -0.3 is 10.8 Å². The van der Waals surface area contributed by atoms with E-state index in [1.165, 1.54) is 12.8 Å². The van der Waals surface area contributed by atoms with Gasteiger partial charge in [-0.25, -0.2) is 0 Å². The molecule has 0 heterocycles. The van der Waals surface area contributed by atoms with Crippen molar-refractivity contribution in [3.05, 3.63) is 0 Å². The summed E-state index contributed by atoms with van der Waals surface area (Å²) >= 11 is 0. The quantitative estimate of drug-likeness (QED) is 0.720. The van der Waals surface area contributed by atoms with Crippen LogP contribution in [0, 0.1) is 23.2 Å². The van der Waals surface area contributed by atoms with Crippen LogP contribution in [0.1, 0.15) is 32.6 Å². The van der Waals surface area contributed by atoms with Crippen LogP contribution in [-0.4, -0.2) is 17.6 Å². The smallest absolute Gasteiger partial charge is 0.303 e. The van der Waals surface area contributed by atoms with Crippen LogP contribution >= 0.6 is 0 Å². The highest BCUT2D eigenvalue weighted by atomic mass is 16.4. The number of nitrogens with two attached hydrogens (primary N) is 1. The van der Waals surface area contributed by atoms with Gasteiger partial charge in [0.1, 0.15) is 0 Å². The summed E-state index contributed by atoms with van der Waals surface area (Å²) in [6.45, 7) is 2.81. The van der Waals surface area contributed by atoms with E-state index in [-0.39, 0.29) is 11.8 Å². The van der Waals surface area contributed by atoms with Crippen molar-refractivity contribution in [2.75, 3.05) is 6.54 Å². The lowest BCUT2D eigenvalue weighted by atomic mass is 9.53. The average Bonchev–Trinajstić information content (AvgIpc) is 2.39. The van der Waals surface area contributed by atoms with Gasteiger partial charge in [0.2, 0.25) is 0 Å². The summed E-state index contributed by atoms with van der Waals surface area (Å²) in [6, 6.07) is 0. The van der Waals surface area contributed by atoms with Crippen molar-refractivity contribution >= 4 is 5.97 Å². The highest BCUT2D eigenvalue weighted by Crippen LogP contribution is 2.61. The Kier molecular flexibility index (Phi) is 2.30. The van der Waals surface area contributed by atoms with Crippen LogP contribution in [-0.2, 0) is 4.79 Å². The van der Waals surface area contributed by atoms with E-state index in [1.54, 1.807) is 0 Å². The fourth-order valence-electron chi connectivity index (χ4n) is 3.70. The highest BCUT2D eigenvalue weighted by Gasteiger charge is 2.56. The molecule has 2 rings (SSSR count). The second-order valence-electron chi connectivity index (χ2n) is 5.28. The van der Waals surface area contributed by atoms with Gasteiger partial charge in [0.15, 0.2) is 0 Å². The topological polar surface area (TPSA) is 63.3 Å². The molecule has 3 nitrogen and oxygen atoms in total. The minimum absolute atomic E-state index is 0.0543. The number of carboxylic acid groups (broad SMARTS) is 1. The molecule has 0 aliphatic heterocycles. The predicted octanol–water partition coefficient (Wildman–Crippen LogP) is 1.47. The minimum atomic E-state index is -0.687. The molecule has 0 saturated heterocycles. The van der Waals surface area contributed by atoms with Gasteiger partial charge in [-0.1, -0.05) is 6.92 Å². The van der Waals surface area contributed by atoms with Crippen molar-refractivity contribution in [3.8, 4) is 0 Å². The van der Waals surface area contributed by atoms with Crippen LogP contribution in [0.4, 0.5) is 0 Å². The van der Waals surface area contributed by atoms with Crippen molar-refractivity contribution in [2.24, 2.45) is 28.9 Å².